The standard InChI is InChI=1S/C22H30BrNO5/c23-18-7-5-17(6-8-18)16-29-20-10-9-19(24-11-14-27-15-12-24)22(20)28-13-3-1-2-4-21(25)26/h1,3,5-8,19-20,22H,2,4,9-16H2,(H,25,26)/t19-,20+,22+/m0/s1. The van der Waals surface area contributed by atoms with Gasteiger partial charge in [0, 0.05) is 30.0 Å². The van der Waals surface area contributed by atoms with E-state index in [2.05, 4.69) is 33.0 Å². The molecule has 1 aromatic rings. The molecule has 29 heavy (non-hydrogen) atoms. The molecule has 160 valence electrons. The van der Waals surface area contributed by atoms with Gasteiger partial charge in [0.05, 0.1) is 38.6 Å². The molecular formula is C22H30BrNO5. The molecule has 3 atom stereocenters. The number of allylic oxidation sites excluding steroid dienone is 1. The minimum absolute atomic E-state index is 0.00710. The summed E-state index contributed by atoms with van der Waals surface area (Å²) in [6.45, 7) is 4.44. The van der Waals surface area contributed by atoms with Crippen LogP contribution in [0.25, 0.3) is 0 Å². The minimum Gasteiger partial charge on any atom is -0.481 e. The van der Waals surface area contributed by atoms with Crippen LogP contribution in [0.3, 0.4) is 0 Å². The highest BCUT2D eigenvalue weighted by molar-refractivity contribution is 9.10. The predicted octanol–water partition coefficient (Wildman–Crippen LogP) is 3.64. The van der Waals surface area contributed by atoms with Crippen LogP contribution in [0, 0.1) is 0 Å². The van der Waals surface area contributed by atoms with Crippen molar-refractivity contribution in [1.29, 1.82) is 0 Å². The van der Waals surface area contributed by atoms with E-state index in [4.69, 9.17) is 19.3 Å². The molecule has 7 heteroatoms. The topological polar surface area (TPSA) is 68.2 Å². The van der Waals surface area contributed by atoms with Crippen LogP contribution in [0.15, 0.2) is 40.9 Å². The molecule has 0 amide bonds. The summed E-state index contributed by atoms with van der Waals surface area (Å²) in [6, 6.07) is 8.53. The van der Waals surface area contributed by atoms with Crippen molar-refractivity contribution < 1.29 is 24.1 Å². The Morgan fingerprint density at radius 1 is 1.17 bits per heavy atom. The number of aliphatic carboxylic acids is 1. The first-order chi connectivity index (χ1) is 14.1. The molecule has 1 aliphatic heterocycles. The lowest BCUT2D eigenvalue weighted by Gasteiger charge is -2.36. The average Bonchev–Trinajstić information content (AvgIpc) is 3.13. The Bertz CT molecular complexity index is 660. The lowest BCUT2D eigenvalue weighted by atomic mass is 10.1. The maximum absolute atomic E-state index is 10.6. The van der Waals surface area contributed by atoms with Crippen LogP contribution in [0.2, 0.25) is 0 Å². The monoisotopic (exact) mass is 467 g/mol. The first-order valence-corrected chi connectivity index (χ1v) is 11.1. The van der Waals surface area contributed by atoms with Gasteiger partial charge in [0.15, 0.2) is 0 Å². The lowest BCUT2D eigenvalue weighted by Crippen LogP contribution is -2.49. The molecule has 0 unspecified atom stereocenters. The summed E-state index contributed by atoms with van der Waals surface area (Å²) < 4.78 is 19.1. The van der Waals surface area contributed by atoms with Crippen LogP contribution in [0.4, 0.5) is 0 Å². The molecule has 1 saturated carbocycles. The molecule has 0 aromatic heterocycles. The molecule has 2 aliphatic rings. The second-order valence-corrected chi connectivity index (χ2v) is 8.39. The van der Waals surface area contributed by atoms with Crippen molar-refractivity contribution in [1.82, 2.24) is 4.90 Å². The van der Waals surface area contributed by atoms with Crippen molar-refractivity contribution in [3.05, 3.63) is 46.5 Å². The fourth-order valence-corrected chi connectivity index (χ4v) is 4.21. The zero-order valence-electron chi connectivity index (χ0n) is 16.7. The Morgan fingerprint density at radius 2 is 1.93 bits per heavy atom. The highest BCUT2D eigenvalue weighted by Crippen LogP contribution is 2.31. The quantitative estimate of drug-likeness (QED) is 0.529. The van der Waals surface area contributed by atoms with Gasteiger partial charge in [-0.2, -0.15) is 0 Å². The summed E-state index contributed by atoms with van der Waals surface area (Å²) in [4.78, 5) is 13.1. The first kappa shape index (κ1) is 22.4. The number of ether oxygens (including phenoxy) is 3. The fourth-order valence-electron chi connectivity index (χ4n) is 3.95. The van der Waals surface area contributed by atoms with Gasteiger partial charge < -0.3 is 19.3 Å². The lowest BCUT2D eigenvalue weighted by molar-refractivity contribution is -0.136. The molecule has 1 saturated heterocycles. The molecular weight excluding hydrogens is 438 g/mol. The molecule has 3 rings (SSSR count). The predicted molar refractivity (Wildman–Crippen MR) is 114 cm³/mol. The number of benzene rings is 1. The molecule has 1 aromatic carbocycles. The van der Waals surface area contributed by atoms with Crippen LogP contribution < -0.4 is 0 Å². The maximum Gasteiger partial charge on any atom is 0.303 e. The first-order valence-electron chi connectivity index (χ1n) is 10.3. The molecule has 0 spiro atoms. The Labute approximate surface area is 180 Å². The van der Waals surface area contributed by atoms with Gasteiger partial charge in [-0.05, 0) is 37.0 Å². The Kier molecular flexibility index (Phi) is 9.14. The van der Waals surface area contributed by atoms with Crippen molar-refractivity contribution in [2.45, 2.75) is 50.5 Å². The molecule has 6 nitrogen and oxygen atoms in total. The highest BCUT2D eigenvalue weighted by Gasteiger charge is 2.41. The minimum atomic E-state index is -0.778. The third-order valence-electron chi connectivity index (χ3n) is 5.46. The van der Waals surface area contributed by atoms with E-state index in [0.29, 0.717) is 25.7 Å². The number of carbonyl (C=O) groups is 1. The number of hydrogen-bond donors (Lipinski definition) is 1. The van der Waals surface area contributed by atoms with Crippen LogP contribution in [0.5, 0.6) is 0 Å². The van der Waals surface area contributed by atoms with Gasteiger partial charge >= 0.3 is 5.97 Å². The third kappa shape index (κ3) is 7.19. The van der Waals surface area contributed by atoms with E-state index < -0.39 is 5.97 Å². The Hall–Kier alpha value is -1.25. The van der Waals surface area contributed by atoms with Crippen molar-refractivity contribution in [3.8, 4) is 0 Å². The van der Waals surface area contributed by atoms with E-state index >= 15 is 0 Å². The van der Waals surface area contributed by atoms with Gasteiger partial charge in [0.1, 0.15) is 0 Å². The maximum atomic E-state index is 10.6. The fraction of sp³-hybridized carbons (Fsp3) is 0.591. The number of morpholine rings is 1. The van der Waals surface area contributed by atoms with Crippen molar-refractivity contribution >= 4 is 21.9 Å². The summed E-state index contributed by atoms with van der Waals surface area (Å²) in [6.07, 6.45) is 6.57. The molecule has 2 fully saturated rings. The van der Waals surface area contributed by atoms with Crippen molar-refractivity contribution in [2.75, 3.05) is 32.9 Å². The van der Waals surface area contributed by atoms with Crippen LogP contribution in [0.1, 0.15) is 31.2 Å². The van der Waals surface area contributed by atoms with Crippen LogP contribution in [-0.4, -0.2) is 67.1 Å². The average molecular weight is 468 g/mol. The molecule has 1 aliphatic carbocycles. The van der Waals surface area contributed by atoms with Gasteiger partial charge in [-0.15, -0.1) is 0 Å². The van der Waals surface area contributed by atoms with Crippen LogP contribution in [-0.2, 0) is 25.6 Å². The number of halogens is 1. The van der Waals surface area contributed by atoms with Gasteiger partial charge in [-0.25, -0.2) is 0 Å². The summed E-state index contributed by atoms with van der Waals surface area (Å²) in [5, 5.41) is 8.72. The number of carboxylic acids is 1. The van der Waals surface area contributed by atoms with E-state index in [1.54, 1.807) is 0 Å². The van der Waals surface area contributed by atoms with Crippen molar-refractivity contribution in [2.24, 2.45) is 0 Å². The van der Waals surface area contributed by atoms with Gasteiger partial charge in [-0.3, -0.25) is 9.69 Å². The van der Waals surface area contributed by atoms with E-state index in [1.165, 1.54) is 0 Å². The largest absolute Gasteiger partial charge is 0.481 e. The number of nitrogens with zero attached hydrogens (tertiary/aromatic N) is 1. The Morgan fingerprint density at radius 3 is 2.66 bits per heavy atom. The molecule has 0 bridgehead atoms. The summed E-state index contributed by atoms with van der Waals surface area (Å²) in [5.41, 5.74) is 1.15. The van der Waals surface area contributed by atoms with E-state index in [9.17, 15) is 4.79 Å². The number of hydrogen-bond acceptors (Lipinski definition) is 5. The van der Waals surface area contributed by atoms with E-state index in [0.717, 1.165) is 49.2 Å². The summed E-state index contributed by atoms with van der Waals surface area (Å²) in [5.74, 6) is -0.778. The zero-order chi connectivity index (χ0) is 20.5. The highest BCUT2D eigenvalue weighted by atomic mass is 79.9. The SMILES string of the molecule is O=C(O)CCC=CCO[C@H]1[C@H](OCc2ccc(Br)cc2)CC[C@@H]1N1CCOCC1. The summed E-state index contributed by atoms with van der Waals surface area (Å²) in [7, 11) is 0. The van der Waals surface area contributed by atoms with Crippen molar-refractivity contribution in [3.63, 3.8) is 0 Å². The second kappa shape index (κ2) is 11.8. The number of carboxylic acid groups (broad SMARTS) is 1. The molecule has 0 radical (unpaired) electrons. The second-order valence-electron chi connectivity index (χ2n) is 7.47. The molecule has 1 heterocycles. The van der Waals surface area contributed by atoms with E-state index in [1.807, 2.05) is 24.3 Å². The van der Waals surface area contributed by atoms with E-state index in [-0.39, 0.29) is 18.6 Å². The normalized spacial score (nSPS) is 25.6. The Balaban J connectivity index is 1.55. The van der Waals surface area contributed by atoms with Gasteiger partial charge in [-0.1, -0.05) is 40.2 Å². The molecule has 1 N–H and O–H groups in total. The van der Waals surface area contributed by atoms with Gasteiger partial charge in [0.2, 0.25) is 0 Å². The number of rotatable bonds is 10. The zero-order valence-corrected chi connectivity index (χ0v) is 18.3. The smallest absolute Gasteiger partial charge is 0.303 e. The third-order valence-corrected chi connectivity index (χ3v) is 5.99. The van der Waals surface area contributed by atoms with Gasteiger partial charge in [0.25, 0.3) is 0 Å². The van der Waals surface area contributed by atoms with Crippen LogP contribution >= 0.6 is 15.9 Å². The summed E-state index contributed by atoms with van der Waals surface area (Å²) >= 11 is 3.46.